The highest BCUT2D eigenvalue weighted by atomic mass is 19.3. The average molecular weight is 158 g/mol. The van der Waals surface area contributed by atoms with Crippen LogP contribution in [-0.4, -0.2) is 12.2 Å². The van der Waals surface area contributed by atoms with Gasteiger partial charge in [-0.2, -0.15) is 0 Å². The van der Waals surface area contributed by atoms with E-state index in [9.17, 15) is 13.6 Å². The summed E-state index contributed by atoms with van der Waals surface area (Å²) in [6.45, 7) is 0. The summed E-state index contributed by atoms with van der Waals surface area (Å²) in [4.78, 5) is 10.5. The first-order valence-corrected chi connectivity index (χ1v) is 3.98. The Hall–Kier alpha value is -0.470. The summed E-state index contributed by atoms with van der Waals surface area (Å²) >= 11 is 0. The summed E-state index contributed by atoms with van der Waals surface area (Å²) < 4.78 is 26.5. The summed E-state index contributed by atoms with van der Waals surface area (Å²) in [6.07, 6.45) is 1.71. The molecule has 0 aromatic heterocycles. The van der Waals surface area contributed by atoms with Gasteiger partial charge in [-0.1, -0.05) is 0 Å². The highest BCUT2D eigenvalue weighted by Gasteiger charge is 2.88. The predicted octanol–water partition coefficient (Wildman–Crippen LogP) is 1.48. The van der Waals surface area contributed by atoms with Gasteiger partial charge < -0.3 is 4.79 Å². The molecule has 4 fully saturated rings. The van der Waals surface area contributed by atoms with Crippen molar-refractivity contribution < 1.29 is 13.6 Å². The van der Waals surface area contributed by atoms with Crippen LogP contribution in [0, 0.1) is 23.2 Å². The first-order valence-electron chi connectivity index (χ1n) is 3.98. The zero-order valence-electron chi connectivity index (χ0n) is 5.89. The molecule has 11 heavy (non-hydrogen) atoms. The summed E-state index contributed by atoms with van der Waals surface area (Å²) in [7, 11) is 0. The van der Waals surface area contributed by atoms with Crippen molar-refractivity contribution in [3.8, 4) is 0 Å². The van der Waals surface area contributed by atoms with E-state index in [1.54, 1.807) is 0 Å². The van der Waals surface area contributed by atoms with Crippen molar-refractivity contribution in [1.82, 2.24) is 0 Å². The van der Waals surface area contributed by atoms with Crippen molar-refractivity contribution in [3.05, 3.63) is 0 Å². The molecule has 1 nitrogen and oxygen atoms in total. The van der Waals surface area contributed by atoms with Gasteiger partial charge in [-0.3, -0.25) is 0 Å². The van der Waals surface area contributed by atoms with Gasteiger partial charge >= 0.3 is 0 Å². The van der Waals surface area contributed by atoms with Crippen LogP contribution in [0.15, 0.2) is 0 Å². The maximum Gasteiger partial charge on any atom is 0.263 e. The number of alkyl halides is 2. The van der Waals surface area contributed by atoms with Gasteiger partial charge in [0.2, 0.25) is 0 Å². The van der Waals surface area contributed by atoms with Crippen molar-refractivity contribution in [2.45, 2.75) is 18.8 Å². The monoisotopic (exact) mass is 158 g/mol. The molecule has 4 aliphatic carbocycles. The van der Waals surface area contributed by atoms with Gasteiger partial charge in [0, 0.05) is 5.92 Å². The van der Waals surface area contributed by atoms with Crippen molar-refractivity contribution in [1.29, 1.82) is 0 Å². The standard InChI is InChI=1S/C8H8F2O/c9-8(10)4-1-5-6(2-4)7(5,8)3-11/h3-6H,1-2H2. The highest BCUT2D eigenvalue weighted by molar-refractivity contribution is 5.71. The molecule has 0 amide bonds. The number of rotatable bonds is 1. The van der Waals surface area contributed by atoms with Gasteiger partial charge in [-0.05, 0) is 24.7 Å². The van der Waals surface area contributed by atoms with E-state index < -0.39 is 17.3 Å². The van der Waals surface area contributed by atoms with E-state index in [1.807, 2.05) is 0 Å². The minimum atomic E-state index is -2.66. The van der Waals surface area contributed by atoms with Crippen molar-refractivity contribution in [2.75, 3.05) is 0 Å². The van der Waals surface area contributed by atoms with Gasteiger partial charge in [0.15, 0.2) is 0 Å². The van der Waals surface area contributed by atoms with E-state index in [4.69, 9.17) is 0 Å². The van der Waals surface area contributed by atoms with Gasteiger partial charge in [0.1, 0.15) is 6.29 Å². The van der Waals surface area contributed by atoms with Crippen molar-refractivity contribution in [2.24, 2.45) is 23.2 Å². The number of aldehydes is 1. The Morgan fingerprint density at radius 2 is 1.82 bits per heavy atom. The molecule has 60 valence electrons. The molecule has 0 aromatic carbocycles. The number of carbonyl (C=O) groups is 1. The Labute approximate surface area is 62.8 Å². The number of hydrogen-bond acceptors (Lipinski definition) is 1. The molecule has 3 heteroatoms. The summed E-state index contributed by atoms with van der Waals surface area (Å²) in [5.74, 6) is -3.05. The summed E-state index contributed by atoms with van der Waals surface area (Å²) in [6, 6.07) is 0. The van der Waals surface area contributed by atoms with E-state index in [1.165, 1.54) is 0 Å². The van der Waals surface area contributed by atoms with E-state index in [0.717, 1.165) is 0 Å². The predicted molar refractivity (Wildman–Crippen MR) is 33.1 cm³/mol. The molecular weight excluding hydrogens is 150 g/mol. The van der Waals surface area contributed by atoms with Crippen LogP contribution in [0.2, 0.25) is 0 Å². The van der Waals surface area contributed by atoms with Gasteiger partial charge in [0.05, 0.1) is 5.41 Å². The fourth-order valence-corrected chi connectivity index (χ4v) is 3.39. The Kier molecular flexibility index (Phi) is 0.694. The number of hydrogen-bond donors (Lipinski definition) is 0. The minimum absolute atomic E-state index is 0.0417. The van der Waals surface area contributed by atoms with Crippen LogP contribution in [0.4, 0.5) is 8.78 Å². The molecule has 0 spiro atoms. The second-order valence-corrected chi connectivity index (χ2v) is 4.06. The Balaban J connectivity index is 2.17. The second kappa shape index (κ2) is 1.25. The molecule has 4 saturated carbocycles. The molecule has 2 unspecified atom stereocenters. The molecule has 0 radical (unpaired) electrons. The van der Waals surface area contributed by atoms with E-state index >= 15 is 0 Å². The number of halogens is 2. The Bertz CT molecular complexity index is 236. The molecule has 2 atom stereocenters. The smallest absolute Gasteiger partial charge is 0.263 e. The second-order valence-electron chi connectivity index (χ2n) is 4.06. The van der Waals surface area contributed by atoms with Crippen LogP contribution in [0.3, 0.4) is 0 Å². The van der Waals surface area contributed by atoms with Crippen LogP contribution in [-0.2, 0) is 4.79 Å². The lowest BCUT2D eigenvalue weighted by Gasteiger charge is -2.17. The first kappa shape index (κ1) is 6.09. The Morgan fingerprint density at radius 3 is 2.00 bits per heavy atom. The van der Waals surface area contributed by atoms with Crippen molar-refractivity contribution in [3.63, 3.8) is 0 Å². The lowest BCUT2D eigenvalue weighted by molar-refractivity contribution is -0.129. The minimum Gasteiger partial charge on any atom is -0.303 e. The highest BCUT2D eigenvalue weighted by Crippen LogP contribution is 2.83. The Morgan fingerprint density at radius 1 is 1.27 bits per heavy atom. The first-order chi connectivity index (χ1) is 5.14. The quantitative estimate of drug-likeness (QED) is 0.528. The average Bonchev–Trinajstić information content (AvgIpc) is 2.26. The molecule has 4 aliphatic rings. The van der Waals surface area contributed by atoms with Crippen molar-refractivity contribution >= 4 is 6.29 Å². The largest absolute Gasteiger partial charge is 0.303 e. The molecule has 0 aliphatic heterocycles. The third-order valence-electron chi connectivity index (χ3n) is 3.97. The zero-order valence-corrected chi connectivity index (χ0v) is 5.89. The molecule has 4 bridgehead atoms. The van der Waals surface area contributed by atoms with Gasteiger partial charge in [0.25, 0.3) is 5.92 Å². The van der Waals surface area contributed by atoms with E-state index in [2.05, 4.69) is 0 Å². The molecule has 4 rings (SSSR count). The molecule has 0 aromatic rings. The maximum atomic E-state index is 13.2. The van der Waals surface area contributed by atoms with Crippen LogP contribution >= 0.6 is 0 Å². The van der Waals surface area contributed by atoms with E-state index in [-0.39, 0.29) is 11.8 Å². The molecular formula is C8H8F2O. The zero-order chi connectivity index (χ0) is 7.85. The fourth-order valence-electron chi connectivity index (χ4n) is 3.39. The summed E-state index contributed by atoms with van der Waals surface area (Å²) in [5, 5.41) is 0. The normalized spacial score (nSPS) is 61.5. The van der Waals surface area contributed by atoms with Gasteiger partial charge in [-0.25, -0.2) is 8.78 Å². The lowest BCUT2D eigenvalue weighted by atomic mass is 10.0. The topological polar surface area (TPSA) is 17.1 Å². The molecule has 0 heterocycles. The van der Waals surface area contributed by atoms with Crippen LogP contribution in [0.1, 0.15) is 12.8 Å². The number of carbonyl (C=O) groups excluding carboxylic acids is 1. The lowest BCUT2D eigenvalue weighted by Crippen LogP contribution is -2.30. The molecule has 0 N–H and O–H groups in total. The molecule has 0 saturated heterocycles. The van der Waals surface area contributed by atoms with Crippen LogP contribution in [0.25, 0.3) is 0 Å². The third kappa shape index (κ3) is 0.346. The van der Waals surface area contributed by atoms with Crippen LogP contribution < -0.4 is 0 Å². The SMILES string of the molecule is O=CC12C3CC(CC31)C2(F)F. The van der Waals surface area contributed by atoms with Gasteiger partial charge in [-0.15, -0.1) is 0 Å². The maximum absolute atomic E-state index is 13.2. The fraction of sp³-hybridized carbons (Fsp3) is 0.875. The summed E-state index contributed by atoms with van der Waals surface area (Å²) in [5.41, 5.74) is -1.18. The van der Waals surface area contributed by atoms with Crippen LogP contribution in [0.5, 0.6) is 0 Å². The van der Waals surface area contributed by atoms with E-state index in [0.29, 0.717) is 19.1 Å². The third-order valence-corrected chi connectivity index (χ3v) is 3.97.